The van der Waals surface area contributed by atoms with Crippen LogP contribution in [0.25, 0.3) is 6.08 Å². The molecule has 0 unspecified atom stereocenters. The summed E-state index contributed by atoms with van der Waals surface area (Å²) in [4.78, 5) is 7.91. The molecule has 0 aliphatic carbocycles. The van der Waals surface area contributed by atoms with Crippen LogP contribution < -0.4 is 5.73 Å². The Balaban J connectivity index is 3.08. The highest BCUT2D eigenvalue weighted by Crippen LogP contribution is 2.17. The van der Waals surface area contributed by atoms with Gasteiger partial charge in [-0.05, 0) is 13.0 Å². The molecular weight excluding hydrogens is 150 g/mol. The molecule has 1 aromatic heterocycles. The van der Waals surface area contributed by atoms with E-state index in [2.05, 4.69) is 9.98 Å². The normalized spacial score (nSPS) is 11.4. The van der Waals surface area contributed by atoms with Crippen molar-refractivity contribution >= 4 is 18.1 Å². The van der Waals surface area contributed by atoms with Gasteiger partial charge in [-0.15, -0.1) is 0 Å². The van der Waals surface area contributed by atoms with Gasteiger partial charge in [0.05, 0.1) is 18.2 Å². The van der Waals surface area contributed by atoms with Gasteiger partial charge < -0.3 is 5.73 Å². The number of hydrogen-bond donors (Lipinski definition) is 1. The summed E-state index contributed by atoms with van der Waals surface area (Å²) in [6.45, 7) is 1.95. The van der Waals surface area contributed by atoms with Gasteiger partial charge in [0.15, 0.2) is 0 Å². The number of nitrogens with two attached hydrogens (primary N) is 1. The fourth-order valence-electron chi connectivity index (χ4n) is 0.906. The molecule has 0 radical (unpaired) electrons. The predicted octanol–water partition coefficient (Wildman–Crippen LogP) is 1.73. The molecule has 62 valence electrons. The summed E-state index contributed by atoms with van der Waals surface area (Å²) in [7, 11) is 0. The molecule has 0 bridgehead atoms. The molecule has 0 amide bonds. The first-order chi connectivity index (χ1) is 5.88. The van der Waals surface area contributed by atoms with E-state index in [1.165, 1.54) is 6.34 Å². The van der Waals surface area contributed by atoms with Crippen molar-refractivity contribution in [3.8, 4) is 0 Å². The Labute approximate surface area is 71.7 Å². The molecule has 0 aliphatic heterocycles. The fraction of sp³-hybridized carbons (Fsp3) is 0.111. The summed E-state index contributed by atoms with van der Waals surface area (Å²) in [6.07, 6.45) is 8.59. The summed E-state index contributed by atoms with van der Waals surface area (Å²) < 4.78 is 0. The largest absolute Gasteiger partial charge is 0.390 e. The molecule has 1 heterocycles. The predicted molar refractivity (Wildman–Crippen MR) is 51.3 cm³/mol. The molecule has 0 saturated heterocycles. The molecule has 0 spiro atoms. The second kappa shape index (κ2) is 4.28. The molecule has 0 atom stereocenters. The summed E-state index contributed by atoms with van der Waals surface area (Å²) >= 11 is 0. The van der Waals surface area contributed by atoms with Crippen LogP contribution in [0.1, 0.15) is 12.5 Å². The molecule has 3 heteroatoms. The minimum Gasteiger partial charge on any atom is -0.390 e. The highest BCUT2D eigenvalue weighted by molar-refractivity contribution is 5.67. The zero-order valence-electron chi connectivity index (χ0n) is 6.94. The highest BCUT2D eigenvalue weighted by Gasteiger charge is 1.93. The molecule has 3 nitrogen and oxygen atoms in total. The fourth-order valence-corrected chi connectivity index (χ4v) is 0.906. The van der Waals surface area contributed by atoms with E-state index in [4.69, 9.17) is 5.73 Å². The van der Waals surface area contributed by atoms with Gasteiger partial charge in [-0.25, -0.2) is 4.99 Å². The van der Waals surface area contributed by atoms with Gasteiger partial charge in [0, 0.05) is 11.8 Å². The van der Waals surface area contributed by atoms with Crippen molar-refractivity contribution < 1.29 is 0 Å². The van der Waals surface area contributed by atoms with Crippen LogP contribution in [0.5, 0.6) is 0 Å². The van der Waals surface area contributed by atoms with E-state index >= 15 is 0 Å². The van der Waals surface area contributed by atoms with Crippen LogP contribution in [-0.2, 0) is 0 Å². The van der Waals surface area contributed by atoms with E-state index in [9.17, 15) is 0 Å². The average molecular weight is 161 g/mol. The van der Waals surface area contributed by atoms with Crippen LogP contribution in [0, 0.1) is 0 Å². The van der Waals surface area contributed by atoms with Gasteiger partial charge in [0.2, 0.25) is 0 Å². The van der Waals surface area contributed by atoms with Gasteiger partial charge in [0.25, 0.3) is 0 Å². The van der Waals surface area contributed by atoms with Crippen molar-refractivity contribution in [1.29, 1.82) is 0 Å². The Hall–Kier alpha value is -1.64. The lowest BCUT2D eigenvalue weighted by atomic mass is 10.2. The third kappa shape index (κ3) is 1.92. The minimum absolute atomic E-state index is 0.790. The van der Waals surface area contributed by atoms with Gasteiger partial charge in [-0.2, -0.15) is 0 Å². The lowest BCUT2D eigenvalue weighted by Crippen LogP contribution is -1.87. The molecule has 2 N–H and O–H groups in total. The third-order valence-electron chi connectivity index (χ3n) is 1.39. The maximum atomic E-state index is 5.18. The standard InChI is InChI=1S/C9H11N3/c1-2-3-8-4-5-11-6-9(8)12-7-10/h2-7H,1H3,(H2,10,12)/b3-2+. The van der Waals surface area contributed by atoms with Gasteiger partial charge in [-0.3, -0.25) is 4.98 Å². The average Bonchev–Trinajstić information content (AvgIpc) is 2.09. The summed E-state index contributed by atoms with van der Waals surface area (Å²) in [5, 5.41) is 0. The summed E-state index contributed by atoms with van der Waals surface area (Å²) in [6, 6.07) is 1.89. The topological polar surface area (TPSA) is 51.3 Å². The van der Waals surface area contributed by atoms with Gasteiger partial charge >= 0.3 is 0 Å². The van der Waals surface area contributed by atoms with E-state index in [0.29, 0.717) is 0 Å². The summed E-state index contributed by atoms with van der Waals surface area (Å²) in [5.41, 5.74) is 6.99. The Morgan fingerprint density at radius 3 is 3.08 bits per heavy atom. The molecule has 0 aliphatic rings. The molecule has 0 fully saturated rings. The molecule has 0 aromatic carbocycles. The monoisotopic (exact) mass is 161 g/mol. The Bertz CT molecular complexity index is 271. The van der Waals surface area contributed by atoms with Crippen LogP contribution in [0.3, 0.4) is 0 Å². The van der Waals surface area contributed by atoms with E-state index in [1.807, 2.05) is 25.1 Å². The van der Waals surface area contributed by atoms with Crippen molar-refractivity contribution in [2.45, 2.75) is 6.92 Å². The summed E-state index contributed by atoms with van der Waals surface area (Å²) in [5.74, 6) is 0. The molecule has 1 rings (SSSR count). The first kappa shape index (κ1) is 8.46. The number of aromatic nitrogens is 1. The van der Waals surface area contributed by atoms with Crippen molar-refractivity contribution in [3.05, 3.63) is 30.1 Å². The lowest BCUT2D eigenvalue weighted by molar-refractivity contribution is 1.30. The van der Waals surface area contributed by atoms with E-state index in [0.717, 1.165) is 11.3 Å². The van der Waals surface area contributed by atoms with Crippen molar-refractivity contribution in [3.63, 3.8) is 0 Å². The number of aliphatic imine (C=N–C) groups is 1. The van der Waals surface area contributed by atoms with Crippen molar-refractivity contribution in [2.75, 3.05) is 0 Å². The third-order valence-corrected chi connectivity index (χ3v) is 1.39. The van der Waals surface area contributed by atoms with Crippen LogP contribution in [-0.4, -0.2) is 11.3 Å². The number of nitrogens with zero attached hydrogens (tertiary/aromatic N) is 2. The first-order valence-corrected chi connectivity index (χ1v) is 3.69. The second-order valence-corrected chi connectivity index (χ2v) is 2.21. The highest BCUT2D eigenvalue weighted by atomic mass is 14.8. The van der Waals surface area contributed by atoms with Gasteiger partial charge in [0.1, 0.15) is 0 Å². The van der Waals surface area contributed by atoms with Crippen LogP contribution in [0.2, 0.25) is 0 Å². The Morgan fingerprint density at radius 2 is 2.42 bits per heavy atom. The zero-order chi connectivity index (χ0) is 8.81. The number of allylic oxidation sites excluding steroid dienone is 1. The second-order valence-electron chi connectivity index (χ2n) is 2.21. The van der Waals surface area contributed by atoms with Crippen LogP contribution in [0.15, 0.2) is 29.5 Å². The Kier molecular flexibility index (Phi) is 3.02. The van der Waals surface area contributed by atoms with Crippen LogP contribution >= 0.6 is 0 Å². The van der Waals surface area contributed by atoms with E-state index in [1.54, 1.807) is 12.4 Å². The number of hydrogen-bond acceptors (Lipinski definition) is 2. The quantitative estimate of drug-likeness (QED) is 0.530. The van der Waals surface area contributed by atoms with Gasteiger partial charge in [-0.1, -0.05) is 12.2 Å². The maximum absolute atomic E-state index is 5.18. The SMILES string of the molecule is C/C=C/c1ccncc1/N=C\N. The first-order valence-electron chi connectivity index (χ1n) is 3.69. The number of rotatable bonds is 2. The van der Waals surface area contributed by atoms with Crippen molar-refractivity contribution in [1.82, 2.24) is 4.98 Å². The smallest absolute Gasteiger partial charge is 0.0902 e. The number of pyridine rings is 1. The maximum Gasteiger partial charge on any atom is 0.0902 e. The van der Waals surface area contributed by atoms with Crippen LogP contribution in [0.4, 0.5) is 5.69 Å². The molecule has 1 aromatic rings. The molecular formula is C9H11N3. The van der Waals surface area contributed by atoms with E-state index < -0.39 is 0 Å². The molecule has 0 saturated carbocycles. The lowest BCUT2D eigenvalue weighted by Gasteiger charge is -1.96. The van der Waals surface area contributed by atoms with Crippen molar-refractivity contribution in [2.24, 2.45) is 10.7 Å². The molecule has 12 heavy (non-hydrogen) atoms. The minimum atomic E-state index is 0.790. The zero-order valence-corrected chi connectivity index (χ0v) is 6.94. The Morgan fingerprint density at radius 1 is 1.58 bits per heavy atom. The van der Waals surface area contributed by atoms with E-state index in [-0.39, 0.29) is 0 Å².